The lowest BCUT2D eigenvalue weighted by Crippen LogP contribution is -2.43. The van der Waals surface area contributed by atoms with Gasteiger partial charge in [-0.3, -0.25) is 0 Å². The number of carbonyl (C=O) groups excluding carboxylic acids is 1. The van der Waals surface area contributed by atoms with Gasteiger partial charge in [0.1, 0.15) is 12.2 Å². The third-order valence-electron chi connectivity index (χ3n) is 6.27. The molecule has 134 valence electrons. The molecule has 3 saturated heterocycles. The van der Waals surface area contributed by atoms with Crippen molar-refractivity contribution in [2.75, 3.05) is 6.61 Å². The zero-order chi connectivity index (χ0) is 16.2. The fraction of sp³-hybridized carbons (Fsp3) is 0.944. The highest BCUT2D eigenvalue weighted by atomic mass is 16.8. The van der Waals surface area contributed by atoms with Gasteiger partial charge in [-0.2, -0.15) is 0 Å². The van der Waals surface area contributed by atoms with Gasteiger partial charge in [0, 0.05) is 25.7 Å². The van der Waals surface area contributed by atoms with Crippen LogP contribution in [-0.2, 0) is 28.5 Å². The summed E-state index contributed by atoms with van der Waals surface area (Å²) < 4.78 is 30.2. The lowest BCUT2D eigenvalue weighted by Gasteiger charge is -2.34. The van der Waals surface area contributed by atoms with Crippen LogP contribution in [0.1, 0.15) is 64.2 Å². The van der Waals surface area contributed by atoms with Crippen LogP contribution in [0.3, 0.4) is 0 Å². The first kappa shape index (κ1) is 15.6. The molecule has 0 amide bonds. The van der Waals surface area contributed by atoms with Crippen molar-refractivity contribution in [3.05, 3.63) is 0 Å². The summed E-state index contributed by atoms with van der Waals surface area (Å²) in [5.74, 6) is -1.34. The molecule has 0 radical (unpaired) electrons. The average Bonchev–Trinajstić information content (AvgIpc) is 3.24. The van der Waals surface area contributed by atoms with Crippen LogP contribution in [0.15, 0.2) is 0 Å². The van der Waals surface area contributed by atoms with Gasteiger partial charge in [-0.25, -0.2) is 4.79 Å². The summed E-state index contributed by atoms with van der Waals surface area (Å²) in [7, 11) is 0. The second-order valence-electron chi connectivity index (χ2n) is 7.93. The topological polar surface area (TPSA) is 63.2 Å². The maximum Gasteiger partial charge on any atom is 0.338 e. The van der Waals surface area contributed by atoms with E-state index < -0.39 is 23.8 Å². The van der Waals surface area contributed by atoms with E-state index in [2.05, 4.69) is 0 Å². The van der Waals surface area contributed by atoms with Crippen LogP contribution in [-0.4, -0.2) is 48.6 Å². The average molecular weight is 338 g/mol. The summed E-state index contributed by atoms with van der Waals surface area (Å²) in [6, 6.07) is 0. The summed E-state index contributed by atoms with van der Waals surface area (Å²) in [6.07, 6.45) is 8.87. The monoisotopic (exact) mass is 338 g/mol. The molecule has 3 aliphatic heterocycles. The van der Waals surface area contributed by atoms with Gasteiger partial charge in [0.25, 0.3) is 0 Å². The first-order valence-electron chi connectivity index (χ1n) is 9.57. The molecule has 0 aromatic carbocycles. The van der Waals surface area contributed by atoms with E-state index in [4.69, 9.17) is 23.7 Å². The van der Waals surface area contributed by atoms with Crippen molar-refractivity contribution < 1.29 is 28.5 Å². The fourth-order valence-electron chi connectivity index (χ4n) is 5.03. The van der Waals surface area contributed by atoms with Crippen LogP contribution in [0, 0.1) is 0 Å². The number of hydrogen-bond acceptors (Lipinski definition) is 6. The van der Waals surface area contributed by atoms with Crippen LogP contribution in [0.2, 0.25) is 0 Å². The molecule has 2 spiro atoms. The molecule has 0 N–H and O–H groups in total. The van der Waals surface area contributed by atoms with Gasteiger partial charge in [0.2, 0.25) is 0 Å². The maximum absolute atomic E-state index is 12.3. The Kier molecular flexibility index (Phi) is 3.67. The molecule has 0 unspecified atom stereocenters. The Hall–Kier alpha value is -0.690. The van der Waals surface area contributed by atoms with Crippen molar-refractivity contribution in [2.24, 2.45) is 0 Å². The predicted molar refractivity (Wildman–Crippen MR) is 82.1 cm³/mol. The van der Waals surface area contributed by atoms with Crippen LogP contribution in [0.5, 0.6) is 0 Å². The zero-order valence-corrected chi connectivity index (χ0v) is 14.0. The highest BCUT2D eigenvalue weighted by Crippen LogP contribution is 2.47. The molecule has 24 heavy (non-hydrogen) atoms. The zero-order valence-electron chi connectivity index (χ0n) is 14.0. The summed E-state index contributed by atoms with van der Waals surface area (Å²) in [5.41, 5.74) is 0. The van der Waals surface area contributed by atoms with Crippen molar-refractivity contribution in [1.82, 2.24) is 0 Å². The highest BCUT2D eigenvalue weighted by Gasteiger charge is 2.62. The first-order valence-corrected chi connectivity index (χ1v) is 9.57. The third-order valence-corrected chi connectivity index (χ3v) is 6.27. The molecule has 5 aliphatic rings. The highest BCUT2D eigenvalue weighted by molar-refractivity contribution is 5.78. The molecule has 3 heterocycles. The van der Waals surface area contributed by atoms with Crippen LogP contribution >= 0.6 is 0 Å². The van der Waals surface area contributed by atoms with Gasteiger partial charge in [-0.05, 0) is 25.7 Å². The summed E-state index contributed by atoms with van der Waals surface area (Å²) >= 11 is 0. The predicted octanol–water partition coefficient (Wildman–Crippen LogP) is 2.43. The standard InChI is InChI=1S/C18H26O6/c19-16-15-14(23-18(24-15)9-5-2-6-10-18)13(21-16)12-11-20-17(22-12)7-3-1-4-8-17/h12-15H,1-11H2/t12-,13+,14-,15-/m1/s1. The number of esters is 1. The minimum absolute atomic E-state index is 0.246. The Morgan fingerprint density at radius 3 is 2.12 bits per heavy atom. The Labute approximate surface area is 142 Å². The van der Waals surface area contributed by atoms with E-state index >= 15 is 0 Å². The SMILES string of the molecule is O=C1O[C@@H]([C@H]2COC3(CCCCC3)O2)[C@H]2OC3(CCCCC3)O[C@@H]12. The van der Waals surface area contributed by atoms with Crippen LogP contribution in [0.25, 0.3) is 0 Å². The van der Waals surface area contributed by atoms with E-state index in [1.54, 1.807) is 0 Å². The molecule has 2 aliphatic carbocycles. The van der Waals surface area contributed by atoms with Gasteiger partial charge in [-0.15, -0.1) is 0 Å². The number of ether oxygens (including phenoxy) is 5. The van der Waals surface area contributed by atoms with Crippen molar-refractivity contribution in [2.45, 2.75) is 100 Å². The summed E-state index contributed by atoms with van der Waals surface area (Å²) in [5, 5.41) is 0. The second-order valence-corrected chi connectivity index (χ2v) is 7.93. The molecule has 6 nitrogen and oxygen atoms in total. The Balaban J connectivity index is 1.31. The van der Waals surface area contributed by atoms with Gasteiger partial charge in [-0.1, -0.05) is 12.8 Å². The van der Waals surface area contributed by atoms with E-state index in [0.717, 1.165) is 51.4 Å². The van der Waals surface area contributed by atoms with Crippen molar-refractivity contribution in [3.8, 4) is 0 Å². The largest absolute Gasteiger partial charge is 0.455 e. The minimum Gasteiger partial charge on any atom is -0.455 e. The summed E-state index contributed by atoms with van der Waals surface area (Å²) in [4.78, 5) is 12.3. The van der Waals surface area contributed by atoms with Gasteiger partial charge in [0.15, 0.2) is 23.8 Å². The molecule has 5 rings (SSSR count). The minimum atomic E-state index is -0.598. The third kappa shape index (κ3) is 2.42. The normalized spacial score (nSPS) is 43.2. The van der Waals surface area contributed by atoms with Gasteiger partial charge in [0.05, 0.1) is 6.61 Å². The number of cyclic esters (lactones) is 1. The second kappa shape index (κ2) is 5.66. The van der Waals surface area contributed by atoms with Crippen molar-refractivity contribution >= 4 is 5.97 Å². The summed E-state index contributed by atoms with van der Waals surface area (Å²) in [6.45, 7) is 0.470. The van der Waals surface area contributed by atoms with E-state index in [9.17, 15) is 4.79 Å². The fourth-order valence-corrected chi connectivity index (χ4v) is 5.03. The van der Waals surface area contributed by atoms with E-state index in [-0.39, 0.29) is 18.2 Å². The molecule has 5 fully saturated rings. The smallest absolute Gasteiger partial charge is 0.338 e. The molecule has 0 bridgehead atoms. The Morgan fingerprint density at radius 2 is 1.42 bits per heavy atom. The molecule has 2 saturated carbocycles. The lowest BCUT2D eigenvalue weighted by atomic mass is 9.94. The quantitative estimate of drug-likeness (QED) is 0.684. The molecule has 0 aromatic heterocycles. The van der Waals surface area contributed by atoms with E-state index in [0.29, 0.717) is 6.61 Å². The molecule has 4 atom stereocenters. The maximum atomic E-state index is 12.3. The van der Waals surface area contributed by atoms with Gasteiger partial charge < -0.3 is 23.7 Å². The molecular formula is C18H26O6. The number of hydrogen-bond donors (Lipinski definition) is 0. The number of rotatable bonds is 1. The molecule has 0 aromatic rings. The van der Waals surface area contributed by atoms with Gasteiger partial charge >= 0.3 is 5.97 Å². The Bertz CT molecular complexity index is 508. The van der Waals surface area contributed by atoms with Crippen molar-refractivity contribution in [3.63, 3.8) is 0 Å². The first-order chi connectivity index (χ1) is 11.7. The molecular weight excluding hydrogens is 312 g/mol. The Morgan fingerprint density at radius 1 is 0.750 bits per heavy atom. The van der Waals surface area contributed by atoms with E-state index in [1.807, 2.05) is 0 Å². The van der Waals surface area contributed by atoms with Crippen molar-refractivity contribution in [1.29, 1.82) is 0 Å². The lowest BCUT2D eigenvalue weighted by molar-refractivity contribution is -0.230. The van der Waals surface area contributed by atoms with Crippen LogP contribution < -0.4 is 0 Å². The molecule has 6 heteroatoms. The number of fused-ring (bicyclic) bond motifs is 1. The van der Waals surface area contributed by atoms with E-state index in [1.165, 1.54) is 12.8 Å². The van der Waals surface area contributed by atoms with Crippen LogP contribution in [0.4, 0.5) is 0 Å². The number of carbonyl (C=O) groups is 1.